The number of benzene rings is 6. The van der Waals surface area contributed by atoms with Crippen LogP contribution >= 0.6 is 0 Å². The number of pyridine rings is 1. The van der Waals surface area contributed by atoms with Crippen molar-refractivity contribution in [1.82, 2.24) is 14.5 Å². The van der Waals surface area contributed by atoms with Crippen LogP contribution in [0.3, 0.4) is 0 Å². The van der Waals surface area contributed by atoms with Gasteiger partial charge in [0, 0.05) is 42.9 Å². The Kier molecular flexibility index (Phi) is 12.1. The van der Waals surface area contributed by atoms with E-state index in [0.29, 0.717) is 11.8 Å². The largest absolute Gasteiger partial charge is 0.332 e. The first-order valence-corrected chi connectivity index (χ1v) is 18.3. The van der Waals surface area contributed by atoms with E-state index in [1.165, 1.54) is 49.8 Å². The van der Waals surface area contributed by atoms with Crippen molar-refractivity contribution in [3.63, 3.8) is 0 Å². The van der Waals surface area contributed by atoms with Crippen LogP contribution in [0.15, 0.2) is 146 Å². The smallest absolute Gasteiger partial charge is 0.0781 e. The Morgan fingerprint density at radius 2 is 1.26 bits per heavy atom. The molecule has 0 saturated heterocycles. The molecule has 8 rings (SSSR count). The molecule has 0 saturated carbocycles. The average Bonchev–Trinajstić information content (AvgIpc) is 3.56. The van der Waals surface area contributed by atoms with Crippen LogP contribution in [-0.2, 0) is 32.9 Å². The van der Waals surface area contributed by atoms with Gasteiger partial charge in [-0.15, -0.1) is 71.8 Å². The molecule has 6 aromatic carbocycles. The SMILES string of the molecule is CC(C)Cc1cccc(CC(C)C)c1-n1c(-c2[c-]cccc2)nc2ccc3ccccc3c21.Cc1cc(-c2[c-]cccc2)ncc1-c1ccccc1.[Ir]. The molecule has 0 bridgehead atoms. The molecule has 0 N–H and O–H groups in total. The Labute approximate surface area is 328 Å². The molecule has 53 heavy (non-hydrogen) atoms. The summed E-state index contributed by atoms with van der Waals surface area (Å²) >= 11 is 0. The molecule has 0 atom stereocenters. The molecule has 1 radical (unpaired) electrons. The second kappa shape index (κ2) is 17.1. The number of aryl methyl sites for hydroxylation is 1. The van der Waals surface area contributed by atoms with Gasteiger partial charge in [-0.3, -0.25) is 4.98 Å². The Bertz CT molecular complexity index is 2380. The van der Waals surface area contributed by atoms with Crippen molar-refractivity contribution in [3.8, 4) is 39.5 Å². The Hall–Kier alpha value is -5.15. The van der Waals surface area contributed by atoms with Crippen LogP contribution in [0.1, 0.15) is 44.4 Å². The van der Waals surface area contributed by atoms with E-state index in [1.807, 2.05) is 60.8 Å². The van der Waals surface area contributed by atoms with Gasteiger partial charge in [-0.2, -0.15) is 0 Å². The maximum absolute atomic E-state index is 5.18. The third-order valence-electron chi connectivity index (χ3n) is 9.35. The minimum atomic E-state index is 0. The van der Waals surface area contributed by atoms with Gasteiger partial charge in [0.15, 0.2) is 0 Å². The van der Waals surface area contributed by atoms with Gasteiger partial charge < -0.3 is 9.55 Å². The summed E-state index contributed by atoms with van der Waals surface area (Å²) in [7, 11) is 0. The van der Waals surface area contributed by atoms with E-state index in [9.17, 15) is 0 Å². The van der Waals surface area contributed by atoms with Crippen molar-refractivity contribution in [2.24, 2.45) is 11.8 Å². The van der Waals surface area contributed by atoms with Crippen LogP contribution in [0.2, 0.25) is 0 Å². The van der Waals surface area contributed by atoms with Gasteiger partial charge in [0.2, 0.25) is 0 Å². The van der Waals surface area contributed by atoms with Crippen LogP contribution in [0, 0.1) is 30.9 Å². The minimum absolute atomic E-state index is 0. The van der Waals surface area contributed by atoms with Gasteiger partial charge in [0.1, 0.15) is 0 Å². The standard InChI is InChI=1S/C31H31N2.C18H14N.Ir/c1-21(2)19-25-14-10-15-26(20-22(3)4)29(25)33-30-27-16-9-8-11-23(27)17-18-28(30)32-31(33)24-12-6-5-7-13-24;1-14-12-18(16-10-6-3-7-11-16)19-13-17(14)15-8-4-2-5-9-15;/h5-12,14-18,21-22H,19-20H2,1-4H3;2-10,12-13H,1H3;/q2*-1;. The third kappa shape index (κ3) is 8.41. The number of fused-ring (bicyclic) bond motifs is 3. The number of imidazole rings is 1. The summed E-state index contributed by atoms with van der Waals surface area (Å²) in [6, 6.07) is 55.0. The normalized spacial score (nSPS) is 11.1. The van der Waals surface area contributed by atoms with E-state index in [0.717, 1.165) is 41.0 Å². The molecule has 0 aliphatic rings. The zero-order chi connectivity index (χ0) is 36.0. The minimum Gasteiger partial charge on any atom is -0.332 e. The van der Waals surface area contributed by atoms with E-state index in [-0.39, 0.29) is 20.1 Å². The molecule has 0 amide bonds. The van der Waals surface area contributed by atoms with E-state index in [4.69, 9.17) is 4.98 Å². The van der Waals surface area contributed by atoms with Crippen molar-refractivity contribution in [1.29, 1.82) is 0 Å². The van der Waals surface area contributed by atoms with Crippen LogP contribution in [0.4, 0.5) is 0 Å². The van der Waals surface area contributed by atoms with Crippen molar-refractivity contribution in [2.45, 2.75) is 47.5 Å². The Balaban J connectivity index is 0.000000204. The molecule has 4 heteroatoms. The first-order valence-electron chi connectivity index (χ1n) is 18.3. The fourth-order valence-electron chi connectivity index (χ4n) is 7.09. The quantitative estimate of drug-likeness (QED) is 0.142. The Morgan fingerprint density at radius 1 is 0.642 bits per heavy atom. The molecule has 8 aromatic rings. The molecule has 2 heterocycles. The number of nitrogens with zero attached hydrogens (tertiary/aromatic N) is 3. The van der Waals surface area contributed by atoms with Crippen LogP contribution in [0.25, 0.3) is 61.3 Å². The Morgan fingerprint density at radius 3 is 1.89 bits per heavy atom. The van der Waals surface area contributed by atoms with Gasteiger partial charge in [0.05, 0.1) is 16.9 Å². The van der Waals surface area contributed by atoms with E-state index in [1.54, 1.807) is 0 Å². The second-order valence-electron chi connectivity index (χ2n) is 14.3. The number of rotatable bonds is 8. The van der Waals surface area contributed by atoms with Crippen LogP contribution < -0.4 is 0 Å². The summed E-state index contributed by atoms with van der Waals surface area (Å²) in [5.41, 5.74) is 12.9. The molecule has 0 aliphatic heterocycles. The van der Waals surface area contributed by atoms with Gasteiger partial charge in [-0.25, -0.2) is 0 Å². The third-order valence-corrected chi connectivity index (χ3v) is 9.35. The summed E-state index contributed by atoms with van der Waals surface area (Å²) in [5, 5.41) is 2.47. The maximum atomic E-state index is 5.18. The second-order valence-corrected chi connectivity index (χ2v) is 14.3. The molecule has 0 fully saturated rings. The first-order chi connectivity index (χ1) is 25.4. The maximum Gasteiger partial charge on any atom is 0.0781 e. The molecular formula is C49H45IrN3-2. The number of hydrogen-bond acceptors (Lipinski definition) is 2. The number of para-hydroxylation sites is 1. The van der Waals surface area contributed by atoms with Crippen LogP contribution in [-0.4, -0.2) is 14.5 Å². The van der Waals surface area contributed by atoms with Gasteiger partial charge >= 0.3 is 0 Å². The zero-order valence-corrected chi connectivity index (χ0v) is 33.5. The van der Waals surface area contributed by atoms with Crippen molar-refractivity contribution in [2.75, 3.05) is 0 Å². The van der Waals surface area contributed by atoms with Crippen molar-refractivity contribution in [3.05, 3.63) is 175 Å². The average molecular weight is 868 g/mol. The van der Waals surface area contributed by atoms with Gasteiger partial charge in [0.25, 0.3) is 0 Å². The van der Waals surface area contributed by atoms with Crippen molar-refractivity contribution < 1.29 is 20.1 Å². The predicted octanol–water partition coefficient (Wildman–Crippen LogP) is 12.6. The molecular weight excluding hydrogens is 823 g/mol. The molecule has 0 aliphatic carbocycles. The molecule has 2 aromatic heterocycles. The summed E-state index contributed by atoms with van der Waals surface area (Å²) < 4.78 is 2.43. The summed E-state index contributed by atoms with van der Waals surface area (Å²) in [5.74, 6) is 2.09. The molecule has 267 valence electrons. The van der Waals surface area contributed by atoms with E-state index < -0.39 is 0 Å². The van der Waals surface area contributed by atoms with Gasteiger partial charge in [-0.05, 0) is 71.0 Å². The first kappa shape index (κ1) is 37.6. The number of hydrogen-bond donors (Lipinski definition) is 0. The van der Waals surface area contributed by atoms with Crippen molar-refractivity contribution >= 4 is 21.8 Å². The topological polar surface area (TPSA) is 30.7 Å². The molecule has 0 unspecified atom stereocenters. The fourth-order valence-corrected chi connectivity index (χ4v) is 7.09. The monoisotopic (exact) mass is 868 g/mol. The van der Waals surface area contributed by atoms with E-state index >= 15 is 0 Å². The number of aromatic nitrogens is 3. The molecule has 3 nitrogen and oxygen atoms in total. The van der Waals surface area contributed by atoms with E-state index in [2.05, 4.69) is 141 Å². The summed E-state index contributed by atoms with van der Waals surface area (Å²) in [4.78, 5) is 9.74. The molecule has 0 spiro atoms. The van der Waals surface area contributed by atoms with Crippen LogP contribution in [0.5, 0.6) is 0 Å². The zero-order valence-electron chi connectivity index (χ0n) is 31.1. The predicted molar refractivity (Wildman–Crippen MR) is 219 cm³/mol. The summed E-state index contributed by atoms with van der Waals surface area (Å²) in [6.45, 7) is 11.3. The fraction of sp³-hybridized carbons (Fsp3) is 0.184. The summed E-state index contributed by atoms with van der Waals surface area (Å²) in [6.07, 6.45) is 4.01. The van der Waals surface area contributed by atoms with Gasteiger partial charge in [-0.1, -0.05) is 113 Å².